The number of carbonyl (C=O) groups is 1. The number of nitrogens with one attached hydrogen (secondary N) is 1. The highest BCUT2D eigenvalue weighted by molar-refractivity contribution is 5.76. The summed E-state index contributed by atoms with van der Waals surface area (Å²) in [5.41, 5.74) is 0. The smallest absolute Gasteiger partial charge is 0.220 e. The maximum atomic E-state index is 12.9. The molecular formula is C50H89NO8. The minimum atomic E-state index is -1.58. The highest BCUT2D eigenvalue weighted by Gasteiger charge is 2.44. The third kappa shape index (κ3) is 30.6. The van der Waals surface area contributed by atoms with E-state index < -0.39 is 49.5 Å². The van der Waals surface area contributed by atoms with Crippen molar-refractivity contribution in [1.29, 1.82) is 0 Å². The van der Waals surface area contributed by atoms with Crippen LogP contribution in [0.4, 0.5) is 0 Å². The van der Waals surface area contributed by atoms with Gasteiger partial charge in [0, 0.05) is 6.42 Å². The molecule has 1 saturated heterocycles. The van der Waals surface area contributed by atoms with Crippen molar-refractivity contribution in [3.8, 4) is 0 Å². The summed E-state index contributed by atoms with van der Waals surface area (Å²) in [4.78, 5) is 12.9. The van der Waals surface area contributed by atoms with Crippen LogP contribution in [-0.4, -0.2) is 87.5 Å². The Balaban J connectivity index is 2.38. The first-order valence-electron chi connectivity index (χ1n) is 24.0. The van der Waals surface area contributed by atoms with E-state index in [1.807, 2.05) is 6.08 Å². The number of aliphatic hydroxyl groups is 5. The summed E-state index contributed by atoms with van der Waals surface area (Å²) in [6, 6.07) is -0.836. The van der Waals surface area contributed by atoms with Gasteiger partial charge in [0.25, 0.3) is 0 Å². The van der Waals surface area contributed by atoms with Gasteiger partial charge < -0.3 is 40.3 Å². The zero-order valence-corrected chi connectivity index (χ0v) is 37.5. The highest BCUT2D eigenvalue weighted by Crippen LogP contribution is 2.22. The van der Waals surface area contributed by atoms with E-state index in [1.54, 1.807) is 6.08 Å². The van der Waals surface area contributed by atoms with Gasteiger partial charge in [0.15, 0.2) is 6.29 Å². The van der Waals surface area contributed by atoms with Gasteiger partial charge in [0.1, 0.15) is 24.4 Å². The highest BCUT2D eigenvalue weighted by atomic mass is 16.7. The molecule has 1 rings (SSSR count). The van der Waals surface area contributed by atoms with Crippen molar-refractivity contribution in [2.75, 3.05) is 13.2 Å². The second-order valence-electron chi connectivity index (χ2n) is 16.5. The Bertz CT molecular complexity index is 1100. The van der Waals surface area contributed by atoms with Crippen LogP contribution in [0, 0.1) is 0 Å². The molecule has 0 aromatic carbocycles. The largest absolute Gasteiger partial charge is 0.394 e. The normalized spacial score (nSPS) is 21.2. The van der Waals surface area contributed by atoms with Crippen LogP contribution in [-0.2, 0) is 14.3 Å². The van der Waals surface area contributed by atoms with Crippen molar-refractivity contribution in [2.24, 2.45) is 0 Å². The summed E-state index contributed by atoms with van der Waals surface area (Å²) in [6.07, 6.45) is 45.5. The van der Waals surface area contributed by atoms with Gasteiger partial charge in [-0.25, -0.2) is 0 Å². The summed E-state index contributed by atoms with van der Waals surface area (Å²) in [5.74, 6) is -0.208. The van der Waals surface area contributed by atoms with Crippen LogP contribution < -0.4 is 5.32 Å². The number of unbranched alkanes of at least 4 members (excludes halogenated alkanes) is 21. The van der Waals surface area contributed by atoms with E-state index in [0.29, 0.717) is 6.42 Å². The van der Waals surface area contributed by atoms with Crippen LogP contribution in [0.15, 0.2) is 60.8 Å². The molecule has 6 N–H and O–H groups in total. The number of ether oxygens (including phenoxy) is 2. The molecule has 0 aromatic heterocycles. The van der Waals surface area contributed by atoms with E-state index in [2.05, 4.69) is 67.8 Å². The van der Waals surface area contributed by atoms with Crippen molar-refractivity contribution in [3.63, 3.8) is 0 Å². The Morgan fingerprint density at radius 1 is 0.576 bits per heavy atom. The molecule has 9 heteroatoms. The summed E-state index contributed by atoms with van der Waals surface area (Å²) in [7, 11) is 0. The molecule has 0 aliphatic carbocycles. The molecule has 1 amide bonds. The third-order valence-electron chi connectivity index (χ3n) is 11.0. The Morgan fingerprint density at radius 3 is 1.58 bits per heavy atom. The molecule has 59 heavy (non-hydrogen) atoms. The molecule has 9 nitrogen and oxygen atoms in total. The van der Waals surface area contributed by atoms with E-state index in [9.17, 15) is 30.3 Å². The fraction of sp³-hybridized carbons (Fsp3) is 0.780. The predicted molar refractivity (Wildman–Crippen MR) is 244 cm³/mol. The maximum Gasteiger partial charge on any atom is 0.220 e. The van der Waals surface area contributed by atoms with E-state index in [-0.39, 0.29) is 12.5 Å². The molecule has 7 atom stereocenters. The molecule has 1 aliphatic heterocycles. The quantitative estimate of drug-likeness (QED) is 0.0265. The van der Waals surface area contributed by atoms with Gasteiger partial charge in [-0.2, -0.15) is 0 Å². The predicted octanol–water partition coefficient (Wildman–Crippen LogP) is 10.4. The number of carbonyl (C=O) groups excluding carboxylic acids is 1. The Labute approximate surface area is 360 Å². The Kier molecular flexibility index (Phi) is 37.2. The number of hydrogen-bond acceptors (Lipinski definition) is 8. The van der Waals surface area contributed by atoms with Crippen LogP contribution in [0.1, 0.15) is 194 Å². The standard InChI is InChI=1S/C50H89NO8/c1-3-5-7-9-11-13-15-17-19-20-21-22-23-24-25-26-27-29-31-33-35-37-39-44(53)43(42-58-50-49(57)48(56)47(55)45(41-52)59-50)51-46(54)40-38-36-34-32-30-28-18-16-14-12-10-8-6-4-2/h10,12,16,18,24-25,29,31,37,39,43-45,47-50,52-53,55-57H,3-9,11,13-15,17,19-23,26-28,30,32-36,38,40-42H2,1-2H3,(H,51,54)/b12-10-,18-16-,25-24+,31-29+,39-37+. The summed E-state index contributed by atoms with van der Waals surface area (Å²) >= 11 is 0. The van der Waals surface area contributed by atoms with Crippen molar-refractivity contribution in [2.45, 2.75) is 236 Å². The molecule has 1 fully saturated rings. The molecular weight excluding hydrogens is 743 g/mol. The topological polar surface area (TPSA) is 149 Å². The van der Waals surface area contributed by atoms with Crippen LogP contribution in [0.2, 0.25) is 0 Å². The minimum absolute atomic E-state index is 0.208. The van der Waals surface area contributed by atoms with Gasteiger partial charge in [-0.1, -0.05) is 177 Å². The lowest BCUT2D eigenvalue weighted by Gasteiger charge is -2.40. The van der Waals surface area contributed by atoms with E-state index in [4.69, 9.17) is 9.47 Å². The average Bonchev–Trinajstić information content (AvgIpc) is 3.23. The SMILES string of the molecule is CCCC/C=C\C/C=C\CCCCCCCC(=O)NC(COC1OC(CO)C(O)C(O)C1O)C(O)/C=C/CC/C=C/CC/C=C/CCCCCCCCCCCCCC. The fourth-order valence-corrected chi connectivity index (χ4v) is 7.14. The van der Waals surface area contributed by atoms with E-state index >= 15 is 0 Å². The maximum absolute atomic E-state index is 12.9. The number of rotatable bonds is 39. The zero-order valence-electron chi connectivity index (χ0n) is 37.5. The van der Waals surface area contributed by atoms with Gasteiger partial charge in [0.05, 0.1) is 25.4 Å². The molecule has 0 bridgehead atoms. The molecule has 342 valence electrons. The van der Waals surface area contributed by atoms with Gasteiger partial charge in [-0.05, 0) is 70.6 Å². The van der Waals surface area contributed by atoms with Crippen LogP contribution in [0.5, 0.6) is 0 Å². The molecule has 0 spiro atoms. The second kappa shape index (κ2) is 40.0. The first-order valence-corrected chi connectivity index (χ1v) is 24.0. The number of aliphatic hydroxyl groups excluding tert-OH is 5. The molecule has 1 heterocycles. The van der Waals surface area contributed by atoms with Crippen molar-refractivity contribution >= 4 is 5.91 Å². The number of amides is 1. The lowest BCUT2D eigenvalue weighted by atomic mass is 9.99. The number of hydrogen-bond donors (Lipinski definition) is 6. The molecule has 0 aromatic rings. The van der Waals surface area contributed by atoms with Crippen molar-refractivity contribution < 1.29 is 39.8 Å². The minimum Gasteiger partial charge on any atom is -0.394 e. The first kappa shape index (κ1) is 54.9. The molecule has 7 unspecified atom stereocenters. The number of allylic oxidation sites excluding steroid dienone is 9. The van der Waals surface area contributed by atoms with E-state index in [1.165, 1.54) is 96.3 Å². The second-order valence-corrected chi connectivity index (χ2v) is 16.5. The summed E-state index contributed by atoms with van der Waals surface area (Å²) in [5, 5.41) is 54.2. The van der Waals surface area contributed by atoms with Crippen LogP contribution in [0.3, 0.4) is 0 Å². The van der Waals surface area contributed by atoms with E-state index in [0.717, 1.165) is 77.0 Å². The average molecular weight is 832 g/mol. The monoisotopic (exact) mass is 832 g/mol. The Hall–Kier alpha value is -2.11. The third-order valence-corrected chi connectivity index (χ3v) is 11.0. The van der Waals surface area contributed by atoms with Crippen LogP contribution >= 0.6 is 0 Å². The van der Waals surface area contributed by atoms with Gasteiger partial charge in [-0.15, -0.1) is 0 Å². The molecule has 0 saturated carbocycles. The van der Waals surface area contributed by atoms with Crippen molar-refractivity contribution in [3.05, 3.63) is 60.8 Å². The lowest BCUT2D eigenvalue weighted by molar-refractivity contribution is -0.302. The lowest BCUT2D eigenvalue weighted by Crippen LogP contribution is -2.60. The fourth-order valence-electron chi connectivity index (χ4n) is 7.14. The van der Waals surface area contributed by atoms with Gasteiger partial charge >= 0.3 is 0 Å². The zero-order chi connectivity index (χ0) is 43.0. The first-order chi connectivity index (χ1) is 28.8. The van der Waals surface area contributed by atoms with Gasteiger partial charge in [0.2, 0.25) is 5.91 Å². The van der Waals surface area contributed by atoms with Crippen molar-refractivity contribution in [1.82, 2.24) is 5.32 Å². The summed E-state index contributed by atoms with van der Waals surface area (Å²) < 4.78 is 11.2. The molecule has 0 radical (unpaired) electrons. The van der Waals surface area contributed by atoms with Gasteiger partial charge in [-0.3, -0.25) is 4.79 Å². The molecule has 1 aliphatic rings. The Morgan fingerprint density at radius 2 is 1.03 bits per heavy atom. The van der Waals surface area contributed by atoms with Crippen LogP contribution in [0.25, 0.3) is 0 Å². The summed E-state index contributed by atoms with van der Waals surface area (Å²) in [6.45, 7) is 3.69.